The Balaban J connectivity index is 0.000000726. The van der Waals surface area contributed by atoms with E-state index in [-0.39, 0.29) is 0 Å². The predicted octanol–water partition coefficient (Wildman–Crippen LogP) is 9.77. The molecule has 0 unspecified atom stereocenters. The van der Waals surface area contributed by atoms with Crippen molar-refractivity contribution in [1.29, 1.82) is 0 Å². The zero-order valence-electron chi connectivity index (χ0n) is 21.2. The average molecular weight is 532 g/mol. The molecule has 0 aliphatic carbocycles. The first-order valence-electron chi connectivity index (χ1n) is 12.4. The predicted molar refractivity (Wildman–Crippen MR) is 167 cm³/mol. The first-order valence-corrected chi connectivity index (χ1v) is 13.2. The van der Waals surface area contributed by atoms with E-state index in [4.69, 9.17) is 0 Å². The Labute approximate surface area is 222 Å². The van der Waals surface area contributed by atoms with E-state index < -0.39 is 0 Å². The second-order valence-corrected chi connectivity index (χ2v) is 9.10. The molecular weight excluding hydrogens is 500 g/mol. The van der Waals surface area contributed by atoms with Crippen LogP contribution in [0.4, 0.5) is 0 Å². The molecule has 0 heterocycles. The van der Waals surface area contributed by atoms with Crippen molar-refractivity contribution >= 4 is 71.7 Å². The van der Waals surface area contributed by atoms with Crippen molar-refractivity contribution < 1.29 is 0 Å². The molecule has 0 nitrogen and oxygen atoms in total. The van der Waals surface area contributed by atoms with Crippen molar-refractivity contribution in [2.75, 3.05) is 0 Å². The lowest BCUT2D eigenvalue weighted by Gasteiger charge is -2.16. The minimum absolute atomic E-state index is 1.07. The van der Waals surface area contributed by atoms with Gasteiger partial charge in [0.05, 0.1) is 0 Å². The molecule has 0 aromatic heterocycles. The number of benzene rings is 6. The van der Waals surface area contributed by atoms with Crippen LogP contribution < -0.4 is 10.4 Å². The Kier molecular flexibility index (Phi) is 7.72. The van der Waals surface area contributed by atoms with E-state index in [1.165, 1.54) is 59.4 Å². The number of fused-ring (bicyclic) bond motifs is 5. The maximum atomic E-state index is 4.23. The monoisotopic (exact) mass is 530 g/mol. The van der Waals surface area contributed by atoms with Crippen LogP contribution in [0.25, 0.3) is 66.9 Å². The zero-order chi connectivity index (χ0) is 25.8. The molecule has 0 bridgehead atoms. The van der Waals surface area contributed by atoms with Gasteiger partial charge in [-0.15, -0.1) is 13.2 Å². The first-order chi connectivity index (χ1) is 17.7. The summed E-state index contributed by atoms with van der Waals surface area (Å²) in [5, 5.41) is 12.3. The third kappa shape index (κ3) is 4.14. The normalized spacial score (nSPS) is 11.3. The second-order valence-electron chi connectivity index (χ2n) is 8.31. The van der Waals surface area contributed by atoms with Crippen LogP contribution in [0.2, 0.25) is 0 Å². The van der Waals surface area contributed by atoms with E-state index in [0.717, 1.165) is 9.69 Å². The molecule has 178 valence electrons. The van der Waals surface area contributed by atoms with Crippen molar-refractivity contribution in [3.8, 4) is 11.1 Å². The van der Waals surface area contributed by atoms with Gasteiger partial charge < -0.3 is 0 Å². The van der Waals surface area contributed by atoms with Gasteiger partial charge in [-0.2, -0.15) is 0 Å². The summed E-state index contributed by atoms with van der Waals surface area (Å²) in [6, 6.07) is 33.0. The Morgan fingerprint density at radius 2 is 1.17 bits per heavy atom. The molecule has 36 heavy (non-hydrogen) atoms. The van der Waals surface area contributed by atoms with E-state index in [0.29, 0.717) is 0 Å². The van der Waals surface area contributed by atoms with Crippen LogP contribution >= 0.6 is 15.9 Å². The Bertz CT molecular complexity index is 1770. The van der Waals surface area contributed by atoms with E-state index in [2.05, 4.69) is 140 Å². The SMILES string of the molecule is C=C.C=c1cc2ccc3c(-c4c5ccccc5c(Br)c5ccccc45)cccc3c2c/c1=C/C.CC. The Hall–Kier alpha value is -3.68. The minimum atomic E-state index is 1.07. The molecule has 0 amide bonds. The van der Waals surface area contributed by atoms with Gasteiger partial charge in [0.2, 0.25) is 0 Å². The zero-order valence-corrected chi connectivity index (χ0v) is 22.8. The topological polar surface area (TPSA) is 0 Å². The summed E-state index contributed by atoms with van der Waals surface area (Å²) in [6.07, 6.45) is 2.14. The summed E-state index contributed by atoms with van der Waals surface area (Å²) >= 11 is 3.88. The van der Waals surface area contributed by atoms with E-state index in [1.807, 2.05) is 13.8 Å². The fourth-order valence-electron chi connectivity index (χ4n) is 5.06. The number of hydrogen-bond acceptors (Lipinski definition) is 0. The minimum Gasteiger partial charge on any atom is -0.106 e. The van der Waals surface area contributed by atoms with Gasteiger partial charge in [-0.3, -0.25) is 0 Å². The summed E-state index contributed by atoms with van der Waals surface area (Å²) in [5.74, 6) is 0. The van der Waals surface area contributed by atoms with E-state index in [1.54, 1.807) is 0 Å². The molecule has 6 aromatic rings. The third-order valence-corrected chi connectivity index (χ3v) is 7.44. The molecule has 1 heteroatoms. The largest absolute Gasteiger partial charge is 0.106 e. The quantitative estimate of drug-likeness (QED) is 0.113. The molecule has 6 rings (SSSR count). The molecule has 0 aliphatic rings. The van der Waals surface area contributed by atoms with Crippen molar-refractivity contribution in [3.05, 3.63) is 119 Å². The maximum Gasteiger partial charge on any atom is 0.0332 e. The molecule has 6 aromatic carbocycles. The lowest BCUT2D eigenvalue weighted by molar-refractivity contribution is 1.50. The van der Waals surface area contributed by atoms with Crippen LogP contribution in [-0.2, 0) is 0 Å². The van der Waals surface area contributed by atoms with Gasteiger partial charge in [0.1, 0.15) is 0 Å². The van der Waals surface area contributed by atoms with Gasteiger partial charge in [-0.1, -0.05) is 105 Å². The molecular formula is C35H31Br. The molecule has 0 spiro atoms. The van der Waals surface area contributed by atoms with Gasteiger partial charge in [0.25, 0.3) is 0 Å². The smallest absolute Gasteiger partial charge is 0.0332 e. The van der Waals surface area contributed by atoms with Gasteiger partial charge in [0.15, 0.2) is 0 Å². The standard InChI is InChI=1S/C31H21Br.C2H6.C2H4/c1-3-20-18-29-21(17-19(20)2)15-16-23-22(29)13-8-14-24(23)30-25-9-4-6-11-27(25)31(32)28-12-7-5-10-26(28)30;2*1-2/h3-18H,2H2,1H3;1-2H3;1-2H2/b20-3-;;. The maximum absolute atomic E-state index is 4.23. The Morgan fingerprint density at radius 3 is 1.75 bits per heavy atom. The van der Waals surface area contributed by atoms with Crippen molar-refractivity contribution in [3.63, 3.8) is 0 Å². The average Bonchev–Trinajstić information content (AvgIpc) is 2.95. The third-order valence-electron chi connectivity index (χ3n) is 6.58. The highest BCUT2D eigenvalue weighted by Gasteiger charge is 2.16. The lowest BCUT2D eigenvalue weighted by atomic mass is 9.88. The first kappa shape index (κ1) is 25.4. The Morgan fingerprint density at radius 1 is 0.611 bits per heavy atom. The van der Waals surface area contributed by atoms with Gasteiger partial charge in [-0.05, 0) is 99.6 Å². The molecule has 0 atom stereocenters. The number of hydrogen-bond donors (Lipinski definition) is 0. The highest BCUT2D eigenvalue weighted by Crippen LogP contribution is 2.44. The van der Waals surface area contributed by atoms with Crippen molar-refractivity contribution in [2.45, 2.75) is 20.8 Å². The highest BCUT2D eigenvalue weighted by atomic mass is 79.9. The van der Waals surface area contributed by atoms with Gasteiger partial charge in [-0.25, -0.2) is 0 Å². The fourth-order valence-corrected chi connectivity index (χ4v) is 5.75. The number of rotatable bonds is 1. The van der Waals surface area contributed by atoms with Crippen LogP contribution in [0.1, 0.15) is 20.8 Å². The van der Waals surface area contributed by atoms with Crippen LogP contribution in [0.15, 0.2) is 109 Å². The molecule has 0 N–H and O–H groups in total. The summed E-state index contributed by atoms with van der Waals surface area (Å²) in [6.45, 7) is 16.3. The molecule has 0 fully saturated rings. The highest BCUT2D eigenvalue weighted by molar-refractivity contribution is 9.10. The summed E-state index contributed by atoms with van der Waals surface area (Å²) in [5.41, 5.74) is 2.56. The van der Waals surface area contributed by atoms with Crippen LogP contribution in [0.3, 0.4) is 0 Å². The van der Waals surface area contributed by atoms with Crippen LogP contribution in [0.5, 0.6) is 0 Å². The second kappa shape index (κ2) is 10.9. The lowest BCUT2D eigenvalue weighted by Crippen LogP contribution is -2.21. The molecule has 0 saturated carbocycles. The summed E-state index contributed by atoms with van der Waals surface area (Å²) < 4.78 is 1.16. The molecule has 0 saturated heterocycles. The summed E-state index contributed by atoms with van der Waals surface area (Å²) in [4.78, 5) is 0. The molecule has 0 aliphatic heterocycles. The fraction of sp³-hybridized carbons (Fsp3) is 0.0857. The number of halogens is 1. The van der Waals surface area contributed by atoms with Crippen LogP contribution in [-0.4, -0.2) is 0 Å². The van der Waals surface area contributed by atoms with E-state index in [9.17, 15) is 0 Å². The van der Waals surface area contributed by atoms with E-state index >= 15 is 0 Å². The van der Waals surface area contributed by atoms with Gasteiger partial charge in [0, 0.05) is 4.47 Å². The summed E-state index contributed by atoms with van der Waals surface area (Å²) in [7, 11) is 0. The van der Waals surface area contributed by atoms with Gasteiger partial charge >= 0.3 is 0 Å². The van der Waals surface area contributed by atoms with Crippen molar-refractivity contribution in [1.82, 2.24) is 0 Å². The van der Waals surface area contributed by atoms with Crippen LogP contribution in [0, 0.1) is 0 Å². The van der Waals surface area contributed by atoms with Crippen molar-refractivity contribution in [2.24, 2.45) is 0 Å². The molecule has 0 radical (unpaired) electrons.